The SMILES string of the molecule is CCCCC/C=C/C=C/CCCCCCCCC(=O)OC1C(OCC(NC(=O)C(O)CCCCCCCC/C=C/CCCCCCCC)C(O)/C=C/CCCCCCCCCCC)OC(CO)C(O)C1O. The molecular weight excluding hydrogens is 895 g/mol. The van der Waals surface area contributed by atoms with Crippen LogP contribution in [-0.4, -0.2) is 99.6 Å². The van der Waals surface area contributed by atoms with E-state index in [2.05, 4.69) is 62.5 Å². The largest absolute Gasteiger partial charge is 0.454 e. The summed E-state index contributed by atoms with van der Waals surface area (Å²) < 4.78 is 17.6. The van der Waals surface area contributed by atoms with Crippen LogP contribution in [-0.2, 0) is 23.8 Å². The van der Waals surface area contributed by atoms with Crippen molar-refractivity contribution in [1.29, 1.82) is 0 Å². The zero-order valence-electron chi connectivity index (χ0n) is 45.6. The maximum atomic E-state index is 13.4. The molecule has 0 bridgehead atoms. The van der Waals surface area contributed by atoms with Crippen LogP contribution in [0.3, 0.4) is 0 Å². The van der Waals surface area contributed by atoms with Crippen LogP contribution in [0.15, 0.2) is 48.6 Å². The first-order chi connectivity index (χ1) is 34.7. The summed E-state index contributed by atoms with van der Waals surface area (Å²) in [6.45, 7) is 5.73. The van der Waals surface area contributed by atoms with Crippen molar-refractivity contribution >= 4 is 11.9 Å². The predicted molar refractivity (Wildman–Crippen MR) is 292 cm³/mol. The molecule has 71 heavy (non-hydrogen) atoms. The van der Waals surface area contributed by atoms with Gasteiger partial charge in [-0.15, -0.1) is 0 Å². The number of hydrogen-bond donors (Lipinski definition) is 6. The molecule has 0 aliphatic carbocycles. The van der Waals surface area contributed by atoms with Crippen LogP contribution in [0.5, 0.6) is 0 Å². The van der Waals surface area contributed by atoms with Gasteiger partial charge in [-0.1, -0.05) is 223 Å². The fourth-order valence-corrected chi connectivity index (χ4v) is 8.99. The number of esters is 1. The second kappa shape index (κ2) is 48.6. The number of hydrogen-bond acceptors (Lipinski definition) is 10. The summed E-state index contributed by atoms with van der Waals surface area (Å²) >= 11 is 0. The summed E-state index contributed by atoms with van der Waals surface area (Å²) in [5, 5.41) is 56.8. The Morgan fingerprint density at radius 2 is 0.972 bits per heavy atom. The number of allylic oxidation sites excluding steroid dienone is 7. The van der Waals surface area contributed by atoms with Crippen molar-refractivity contribution in [1.82, 2.24) is 5.32 Å². The minimum absolute atomic E-state index is 0.110. The lowest BCUT2D eigenvalue weighted by molar-refractivity contribution is -0.305. The molecule has 6 N–H and O–H groups in total. The molecule has 8 atom stereocenters. The summed E-state index contributed by atoms with van der Waals surface area (Å²) in [6, 6.07) is -1.03. The van der Waals surface area contributed by atoms with Gasteiger partial charge in [-0.25, -0.2) is 0 Å². The summed E-state index contributed by atoms with van der Waals surface area (Å²) in [4.78, 5) is 26.5. The van der Waals surface area contributed by atoms with Gasteiger partial charge in [-0.3, -0.25) is 9.59 Å². The molecule has 0 aromatic rings. The summed E-state index contributed by atoms with van der Waals surface area (Å²) in [6.07, 6.45) is 47.2. The van der Waals surface area contributed by atoms with Crippen molar-refractivity contribution in [3.05, 3.63) is 48.6 Å². The van der Waals surface area contributed by atoms with Gasteiger partial charge >= 0.3 is 5.97 Å². The summed E-state index contributed by atoms with van der Waals surface area (Å²) in [5.74, 6) is -1.21. The highest BCUT2D eigenvalue weighted by molar-refractivity contribution is 5.80. The number of aliphatic hydroxyl groups excluding tert-OH is 5. The first kappa shape index (κ1) is 66.6. The van der Waals surface area contributed by atoms with Gasteiger partial charge in [0.25, 0.3) is 0 Å². The molecule has 1 heterocycles. The quantitative estimate of drug-likeness (QED) is 0.0149. The van der Waals surface area contributed by atoms with Crippen LogP contribution < -0.4 is 5.32 Å². The van der Waals surface area contributed by atoms with E-state index >= 15 is 0 Å². The van der Waals surface area contributed by atoms with Gasteiger partial charge in [0.2, 0.25) is 5.91 Å². The van der Waals surface area contributed by atoms with E-state index in [1.165, 1.54) is 116 Å². The number of rotatable bonds is 49. The van der Waals surface area contributed by atoms with Gasteiger partial charge < -0.3 is 45.1 Å². The summed E-state index contributed by atoms with van der Waals surface area (Å²) in [7, 11) is 0. The Kier molecular flexibility index (Phi) is 45.6. The van der Waals surface area contributed by atoms with Crippen molar-refractivity contribution in [3.63, 3.8) is 0 Å². The van der Waals surface area contributed by atoms with Gasteiger partial charge in [0.15, 0.2) is 12.4 Å². The van der Waals surface area contributed by atoms with Crippen LogP contribution in [0.25, 0.3) is 0 Å². The van der Waals surface area contributed by atoms with Crippen molar-refractivity contribution in [2.24, 2.45) is 0 Å². The zero-order valence-corrected chi connectivity index (χ0v) is 45.6. The topological polar surface area (TPSA) is 175 Å². The minimum atomic E-state index is -1.62. The van der Waals surface area contributed by atoms with Crippen molar-refractivity contribution in [3.8, 4) is 0 Å². The molecule has 414 valence electrons. The molecule has 1 saturated heterocycles. The molecule has 1 aliphatic rings. The first-order valence-corrected chi connectivity index (χ1v) is 29.4. The molecule has 8 unspecified atom stereocenters. The zero-order chi connectivity index (χ0) is 51.8. The van der Waals surface area contributed by atoms with Gasteiger partial charge in [0, 0.05) is 6.42 Å². The molecule has 0 aromatic heterocycles. The Morgan fingerprint density at radius 3 is 1.48 bits per heavy atom. The lowest BCUT2D eigenvalue weighted by Gasteiger charge is -2.41. The third-order valence-corrected chi connectivity index (χ3v) is 13.7. The second-order valence-corrected chi connectivity index (χ2v) is 20.4. The Bertz CT molecular complexity index is 1340. The van der Waals surface area contributed by atoms with Gasteiger partial charge in [0.05, 0.1) is 25.4 Å². The van der Waals surface area contributed by atoms with Crippen molar-refractivity contribution < 1.29 is 49.3 Å². The van der Waals surface area contributed by atoms with E-state index in [4.69, 9.17) is 14.2 Å². The van der Waals surface area contributed by atoms with Gasteiger partial charge in [-0.2, -0.15) is 0 Å². The van der Waals surface area contributed by atoms with Crippen molar-refractivity contribution in [2.75, 3.05) is 13.2 Å². The molecule has 1 fully saturated rings. The maximum Gasteiger partial charge on any atom is 0.306 e. The number of unbranched alkanes of at least 4 members (excludes halogenated alkanes) is 30. The van der Waals surface area contributed by atoms with E-state index in [0.29, 0.717) is 12.8 Å². The van der Waals surface area contributed by atoms with E-state index in [1.54, 1.807) is 6.08 Å². The number of amides is 1. The Morgan fingerprint density at radius 1 is 0.549 bits per heavy atom. The molecule has 1 amide bonds. The van der Waals surface area contributed by atoms with Crippen LogP contribution in [0.2, 0.25) is 0 Å². The average molecular weight is 1000 g/mol. The van der Waals surface area contributed by atoms with Crippen LogP contribution in [0, 0.1) is 0 Å². The fourth-order valence-electron chi connectivity index (χ4n) is 8.99. The van der Waals surface area contributed by atoms with E-state index in [-0.39, 0.29) is 19.4 Å². The molecular formula is C60H109NO10. The molecule has 0 aromatic carbocycles. The van der Waals surface area contributed by atoms with Crippen LogP contribution in [0.4, 0.5) is 0 Å². The molecule has 0 radical (unpaired) electrons. The molecule has 1 aliphatic heterocycles. The monoisotopic (exact) mass is 1000 g/mol. The van der Waals surface area contributed by atoms with Gasteiger partial charge in [-0.05, 0) is 77.0 Å². The minimum Gasteiger partial charge on any atom is -0.454 e. The third kappa shape index (κ3) is 37.1. The third-order valence-electron chi connectivity index (χ3n) is 13.7. The number of ether oxygens (including phenoxy) is 3. The van der Waals surface area contributed by atoms with Crippen LogP contribution >= 0.6 is 0 Å². The highest BCUT2D eigenvalue weighted by Gasteiger charge is 2.47. The lowest BCUT2D eigenvalue weighted by atomic mass is 9.99. The molecule has 11 nitrogen and oxygen atoms in total. The standard InChI is InChI=1S/C60H109NO10/c1-4-7-10-13-16-19-22-24-26-28-29-32-35-38-41-44-47-53(64)59(68)61-51(52(63)46-43-40-37-34-31-21-18-15-12-9-6-3)50-69-60-58(57(67)56(66)54(49-62)70-60)71-55(65)48-45-42-39-36-33-30-27-25-23-20-17-14-11-8-5-2/h17,20,23-26,43,46,51-54,56-58,60,62-64,66-67H,4-16,18-19,21-22,27-42,44-45,47-50H2,1-3H3,(H,61,68)/b20-17+,25-23+,26-24+,46-43+. The number of carbonyl (C=O) groups excluding carboxylic acids is 2. The molecule has 0 spiro atoms. The Balaban J connectivity index is 2.72. The Hall–Kier alpha value is -2.38. The van der Waals surface area contributed by atoms with E-state index < -0.39 is 67.4 Å². The molecule has 1 rings (SSSR count). The average Bonchev–Trinajstić information content (AvgIpc) is 3.37. The van der Waals surface area contributed by atoms with Crippen molar-refractivity contribution in [2.45, 2.75) is 307 Å². The number of nitrogens with one attached hydrogen (secondary N) is 1. The Labute approximate surface area is 434 Å². The molecule has 0 saturated carbocycles. The van der Waals surface area contributed by atoms with E-state index in [1.807, 2.05) is 6.08 Å². The van der Waals surface area contributed by atoms with E-state index in [9.17, 15) is 35.1 Å². The number of aliphatic hydroxyl groups is 5. The highest BCUT2D eigenvalue weighted by atomic mass is 16.7. The van der Waals surface area contributed by atoms with Crippen LogP contribution in [0.1, 0.15) is 258 Å². The normalized spacial score (nSPS) is 19.9. The van der Waals surface area contributed by atoms with Gasteiger partial charge in [0.1, 0.15) is 24.4 Å². The first-order valence-electron chi connectivity index (χ1n) is 29.4. The predicted octanol–water partition coefficient (Wildman–Crippen LogP) is 13.3. The molecule has 11 heteroatoms. The lowest BCUT2D eigenvalue weighted by Crippen LogP contribution is -2.61. The maximum absolute atomic E-state index is 13.4. The van der Waals surface area contributed by atoms with E-state index in [0.717, 1.165) is 96.3 Å². The summed E-state index contributed by atoms with van der Waals surface area (Å²) in [5.41, 5.74) is 0. The highest BCUT2D eigenvalue weighted by Crippen LogP contribution is 2.26. The second-order valence-electron chi connectivity index (χ2n) is 20.4. The smallest absolute Gasteiger partial charge is 0.306 e. The fraction of sp³-hybridized carbons (Fsp3) is 0.833. The number of carbonyl (C=O) groups is 2.